The first-order valence-corrected chi connectivity index (χ1v) is 10.5. The second kappa shape index (κ2) is 10.9. The number of anilines is 2. The Kier molecular flexibility index (Phi) is 7.98. The summed E-state index contributed by atoms with van der Waals surface area (Å²) in [5, 5.41) is 6.52. The molecule has 0 bridgehead atoms. The maximum Gasteiger partial charge on any atom is 0.255 e. The van der Waals surface area contributed by atoms with E-state index in [0.29, 0.717) is 44.9 Å². The molecule has 0 aliphatic carbocycles. The Hall–Kier alpha value is -3.22. The fourth-order valence-corrected chi connectivity index (χ4v) is 3.49. The van der Waals surface area contributed by atoms with Gasteiger partial charge in [-0.25, -0.2) is 0 Å². The minimum atomic E-state index is -0.291. The number of aryl methyl sites for hydroxylation is 1. The van der Waals surface area contributed by atoms with Crippen molar-refractivity contribution in [1.29, 1.82) is 0 Å². The zero-order valence-electron chi connectivity index (χ0n) is 17.6. The molecule has 0 fully saturated rings. The van der Waals surface area contributed by atoms with Crippen LogP contribution in [0.2, 0.25) is 10.0 Å². The number of rotatable bonds is 8. The normalized spacial score (nSPS) is 10.4. The van der Waals surface area contributed by atoms with Crippen LogP contribution >= 0.6 is 23.2 Å². The van der Waals surface area contributed by atoms with E-state index >= 15 is 0 Å². The third kappa shape index (κ3) is 5.72. The summed E-state index contributed by atoms with van der Waals surface area (Å²) in [4.78, 5) is 25.1. The molecular formula is C24H22Cl2N2O4. The number of carbonyl (C=O) groups is 2. The van der Waals surface area contributed by atoms with Crippen LogP contribution in [0.15, 0.2) is 60.7 Å². The molecule has 3 aromatic rings. The van der Waals surface area contributed by atoms with Crippen LogP contribution < -0.4 is 20.1 Å². The van der Waals surface area contributed by atoms with Gasteiger partial charge in [0, 0.05) is 24.1 Å². The number of ether oxygens (including phenoxy) is 2. The second-order valence-electron chi connectivity index (χ2n) is 6.83. The van der Waals surface area contributed by atoms with Crippen LogP contribution in [0.1, 0.15) is 22.3 Å². The van der Waals surface area contributed by atoms with Gasteiger partial charge in [-0.1, -0.05) is 53.5 Å². The lowest BCUT2D eigenvalue weighted by molar-refractivity contribution is -0.116. The van der Waals surface area contributed by atoms with Crippen molar-refractivity contribution in [1.82, 2.24) is 0 Å². The first-order chi connectivity index (χ1) is 15.4. The molecular weight excluding hydrogens is 451 g/mol. The molecule has 0 aliphatic rings. The molecule has 3 aromatic carbocycles. The van der Waals surface area contributed by atoms with Crippen molar-refractivity contribution in [2.24, 2.45) is 0 Å². The van der Waals surface area contributed by atoms with Gasteiger partial charge in [0.25, 0.3) is 5.91 Å². The van der Waals surface area contributed by atoms with E-state index in [9.17, 15) is 9.59 Å². The number of hydrogen-bond acceptors (Lipinski definition) is 4. The SMILES string of the molecule is COc1cc(NC(=O)c2ccccc2)c(OC)cc1NC(=O)CCc1cccc(Cl)c1Cl. The number of hydrogen-bond donors (Lipinski definition) is 2. The van der Waals surface area contributed by atoms with Crippen molar-refractivity contribution in [3.05, 3.63) is 81.8 Å². The van der Waals surface area contributed by atoms with E-state index in [0.717, 1.165) is 5.56 Å². The number of methoxy groups -OCH3 is 2. The average molecular weight is 473 g/mol. The highest BCUT2D eigenvalue weighted by Gasteiger charge is 2.16. The Labute approximate surface area is 196 Å². The molecule has 0 heterocycles. The summed E-state index contributed by atoms with van der Waals surface area (Å²) >= 11 is 12.2. The average Bonchev–Trinajstić information content (AvgIpc) is 2.81. The standard InChI is InChI=1S/C24H22Cl2N2O4/c1-31-20-14-19(28-24(30)16-7-4-3-5-8-16)21(32-2)13-18(20)27-22(29)12-11-15-9-6-10-17(25)23(15)26/h3-10,13-14H,11-12H2,1-2H3,(H,27,29)(H,28,30). The van der Waals surface area contributed by atoms with Crippen LogP contribution in [0.5, 0.6) is 11.5 Å². The van der Waals surface area contributed by atoms with Crippen LogP contribution in [0.4, 0.5) is 11.4 Å². The van der Waals surface area contributed by atoms with Gasteiger partial charge in [-0.2, -0.15) is 0 Å². The highest BCUT2D eigenvalue weighted by atomic mass is 35.5. The highest BCUT2D eigenvalue weighted by Crippen LogP contribution is 2.37. The lowest BCUT2D eigenvalue weighted by atomic mass is 10.1. The Bertz CT molecular complexity index is 1120. The fraction of sp³-hybridized carbons (Fsp3) is 0.167. The fourth-order valence-electron chi connectivity index (χ4n) is 3.08. The van der Waals surface area contributed by atoms with Gasteiger partial charge in [0.15, 0.2) is 0 Å². The Morgan fingerprint density at radius 2 is 1.47 bits per heavy atom. The van der Waals surface area contributed by atoms with Crippen molar-refractivity contribution in [2.75, 3.05) is 24.9 Å². The molecule has 6 nitrogen and oxygen atoms in total. The molecule has 0 spiro atoms. The maximum atomic E-state index is 12.5. The molecule has 0 saturated carbocycles. The van der Waals surface area contributed by atoms with Gasteiger partial charge in [-0.15, -0.1) is 0 Å². The molecule has 32 heavy (non-hydrogen) atoms. The summed E-state index contributed by atoms with van der Waals surface area (Å²) in [6.45, 7) is 0. The largest absolute Gasteiger partial charge is 0.494 e. The molecule has 0 radical (unpaired) electrons. The van der Waals surface area contributed by atoms with Gasteiger partial charge < -0.3 is 20.1 Å². The minimum absolute atomic E-state index is 0.192. The third-order valence-corrected chi connectivity index (χ3v) is 5.59. The molecule has 0 atom stereocenters. The van der Waals surface area contributed by atoms with Crippen molar-refractivity contribution in [3.8, 4) is 11.5 Å². The van der Waals surface area contributed by atoms with E-state index in [1.807, 2.05) is 12.1 Å². The Morgan fingerprint density at radius 3 is 2.09 bits per heavy atom. The summed E-state index contributed by atoms with van der Waals surface area (Å²) < 4.78 is 10.8. The Morgan fingerprint density at radius 1 is 0.844 bits per heavy atom. The molecule has 0 aliphatic heterocycles. The summed E-state index contributed by atoms with van der Waals surface area (Å²) in [7, 11) is 2.96. The zero-order chi connectivity index (χ0) is 23.1. The van der Waals surface area contributed by atoms with Crippen molar-refractivity contribution in [3.63, 3.8) is 0 Å². The first-order valence-electron chi connectivity index (χ1n) is 9.78. The molecule has 166 valence electrons. The predicted molar refractivity (Wildman–Crippen MR) is 127 cm³/mol. The summed E-state index contributed by atoms with van der Waals surface area (Å²) in [6, 6.07) is 17.3. The molecule has 2 amide bonds. The van der Waals surface area contributed by atoms with Gasteiger partial charge in [-0.3, -0.25) is 9.59 Å². The number of benzene rings is 3. The number of carbonyl (C=O) groups excluding carboxylic acids is 2. The monoisotopic (exact) mass is 472 g/mol. The molecule has 2 N–H and O–H groups in total. The minimum Gasteiger partial charge on any atom is -0.494 e. The topological polar surface area (TPSA) is 76.7 Å². The van der Waals surface area contributed by atoms with E-state index in [1.54, 1.807) is 48.5 Å². The quantitative estimate of drug-likeness (QED) is 0.431. The molecule has 0 unspecified atom stereocenters. The van der Waals surface area contributed by atoms with Gasteiger partial charge in [-0.05, 0) is 30.2 Å². The van der Waals surface area contributed by atoms with Gasteiger partial charge >= 0.3 is 0 Å². The van der Waals surface area contributed by atoms with E-state index < -0.39 is 0 Å². The van der Waals surface area contributed by atoms with Crippen LogP contribution in [-0.4, -0.2) is 26.0 Å². The Balaban J connectivity index is 1.74. The summed E-state index contributed by atoms with van der Waals surface area (Å²) in [5.41, 5.74) is 2.13. The molecule has 8 heteroatoms. The lowest BCUT2D eigenvalue weighted by Gasteiger charge is -2.16. The van der Waals surface area contributed by atoms with Crippen LogP contribution in [0.25, 0.3) is 0 Å². The third-order valence-electron chi connectivity index (χ3n) is 4.73. The number of halogens is 2. The number of nitrogens with one attached hydrogen (secondary N) is 2. The highest BCUT2D eigenvalue weighted by molar-refractivity contribution is 6.42. The van der Waals surface area contributed by atoms with E-state index in [1.165, 1.54) is 14.2 Å². The van der Waals surface area contributed by atoms with Crippen molar-refractivity contribution >= 4 is 46.4 Å². The van der Waals surface area contributed by atoms with Crippen molar-refractivity contribution < 1.29 is 19.1 Å². The molecule has 0 aromatic heterocycles. The second-order valence-corrected chi connectivity index (χ2v) is 7.62. The van der Waals surface area contributed by atoms with E-state index in [2.05, 4.69) is 10.6 Å². The van der Waals surface area contributed by atoms with Gasteiger partial charge in [0.2, 0.25) is 5.91 Å². The summed E-state index contributed by atoms with van der Waals surface area (Å²) in [6.07, 6.45) is 0.619. The zero-order valence-corrected chi connectivity index (χ0v) is 19.1. The molecule has 3 rings (SSSR count). The van der Waals surface area contributed by atoms with Crippen molar-refractivity contribution in [2.45, 2.75) is 12.8 Å². The smallest absolute Gasteiger partial charge is 0.255 e. The van der Waals surface area contributed by atoms with E-state index in [4.69, 9.17) is 32.7 Å². The van der Waals surface area contributed by atoms with Crippen LogP contribution in [0.3, 0.4) is 0 Å². The number of amides is 2. The predicted octanol–water partition coefficient (Wildman–Crippen LogP) is 5.83. The van der Waals surface area contributed by atoms with Gasteiger partial charge in [0.05, 0.1) is 35.6 Å². The van der Waals surface area contributed by atoms with Crippen LogP contribution in [-0.2, 0) is 11.2 Å². The first kappa shape index (κ1) is 23.4. The van der Waals surface area contributed by atoms with E-state index in [-0.39, 0.29) is 18.2 Å². The molecule has 0 saturated heterocycles. The van der Waals surface area contributed by atoms with Crippen LogP contribution in [0, 0.1) is 0 Å². The lowest BCUT2D eigenvalue weighted by Crippen LogP contribution is -2.15. The maximum absolute atomic E-state index is 12.5. The van der Waals surface area contributed by atoms with Gasteiger partial charge in [0.1, 0.15) is 11.5 Å². The summed E-state index contributed by atoms with van der Waals surface area (Å²) in [5.74, 6) is 0.232.